The Balaban J connectivity index is 1.50. The minimum Gasteiger partial charge on any atom is -0.438 e. The molecule has 1 heterocycles. The zero-order valence-corrected chi connectivity index (χ0v) is 17.7. The number of carbonyl (C=O) groups is 1. The average molecular weight is 429 g/mol. The number of rotatable bonds is 5. The summed E-state index contributed by atoms with van der Waals surface area (Å²) < 4.78 is 12.0. The average Bonchev–Trinajstić information content (AvgIpc) is 3.10. The van der Waals surface area contributed by atoms with Gasteiger partial charge in [0.25, 0.3) is 5.79 Å². The van der Waals surface area contributed by atoms with Gasteiger partial charge in [0.2, 0.25) is 5.90 Å². The highest BCUT2D eigenvalue weighted by atomic mass is 35.5. The first kappa shape index (κ1) is 20.5. The summed E-state index contributed by atoms with van der Waals surface area (Å²) in [4.78, 5) is 18.4. The molecule has 6 nitrogen and oxygen atoms in total. The van der Waals surface area contributed by atoms with Crippen molar-refractivity contribution in [3.63, 3.8) is 0 Å². The molecular weight excluding hydrogens is 404 g/mol. The van der Waals surface area contributed by atoms with E-state index in [0.29, 0.717) is 16.6 Å². The van der Waals surface area contributed by atoms with Gasteiger partial charge in [0.1, 0.15) is 5.60 Å². The number of amides is 1. The summed E-state index contributed by atoms with van der Waals surface area (Å²) in [7, 11) is 0. The summed E-state index contributed by atoms with van der Waals surface area (Å²) in [6.45, 7) is 1.84. The molecule has 4 rings (SSSR count). The quantitative estimate of drug-likeness (QED) is 0.614. The van der Waals surface area contributed by atoms with E-state index in [0.717, 1.165) is 31.2 Å². The van der Waals surface area contributed by atoms with Gasteiger partial charge in [0.15, 0.2) is 0 Å². The van der Waals surface area contributed by atoms with Crippen LogP contribution in [-0.2, 0) is 19.9 Å². The molecule has 1 fully saturated rings. The first-order valence-electron chi connectivity index (χ1n) is 10.2. The van der Waals surface area contributed by atoms with Crippen molar-refractivity contribution in [3.8, 4) is 0 Å². The fraction of sp³-hybridized carbons (Fsp3) is 0.391. The van der Waals surface area contributed by atoms with E-state index in [1.807, 2.05) is 37.3 Å². The smallest absolute Gasteiger partial charge is 0.412 e. The highest BCUT2D eigenvalue weighted by molar-refractivity contribution is 6.30. The molecule has 1 aliphatic heterocycles. The highest BCUT2D eigenvalue weighted by Gasteiger charge is 2.45. The van der Waals surface area contributed by atoms with E-state index in [-0.39, 0.29) is 6.42 Å². The normalized spacial score (nSPS) is 19.2. The van der Waals surface area contributed by atoms with Gasteiger partial charge in [-0.05, 0) is 48.7 Å². The SMILES string of the molecule is CC(CC1=NOC2(CCCCC2)O1)(OC(=O)Nc1cccc(Cl)c1)c1ccccc1. The number of hydrogen-bond acceptors (Lipinski definition) is 5. The number of oxime groups is 1. The van der Waals surface area contributed by atoms with Crippen LogP contribution in [0.4, 0.5) is 10.5 Å². The summed E-state index contributed by atoms with van der Waals surface area (Å²) in [5.74, 6) is -0.215. The molecule has 7 heteroatoms. The predicted molar refractivity (Wildman–Crippen MR) is 115 cm³/mol. The number of hydrogen-bond donors (Lipinski definition) is 1. The minimum absolute atomic E-state index is 0.266. The van der Waals surface area contributed by atoms with Gasteiger partial charge in [-0.3, -0.25) is 5.32 Å². The standard InChI is InChI=1S/C23H25ClN2O4/c1-22(17-9-4-2-5-10-17,29-21(27)25-19-12-8-11-18(24)15-19)16-20-26-30-23(28-20)13-6-3-7-14-23/h2,4-5,8-12,15H,3,6-7,13-14,16H2,1H3,(H,25,27). The maximum Gasteiger partial charge on any atom is 0.412 e. The van der Waals surface area contributed by atoms with E-state index in [2.05, 4.69) is 10.5 Å². The lowest BCUT2D eigenvalue weighted by atomic mass is 9.91. The first-order valence-corrected chi connectivity index (χ1v) is 10.6. The second-order valence-electron chi connectivity index (χ2n) is 7.95. The Morgan fingerprint density at radius 2 is 1.93 bits per heavy atom. The third kappa shape index (κ3) is 4.70. The van der Waals surface area contributed by atoms with E-state index in [4.69, 9.17) is 25.9 Å². The monoisotopic (exact) mass is 428 g/mol. The molecule has 2 aromatic rings. The van der Waals surface area contributed by atoms with Crippen LogP contribution in [-0.4, -0.2) is 17.8 Å². The van der Waals surface area contributed by atoms with Crippen LogP contribution in [0.3, 0.4) is 0 Å². The molecule has 1 unspecified atom stereocenters. The number of ether oxygens (including phenoxy) is 2. The van der Waals surface area contributed by atoms with E-state index in [1.165, 1.54) is 6.42 Å². The van der Waals surface area contributed by atoms with Gasteiger partial charge in [0.05, 0.1) is 6.42 Å². The van der Waals surface area contributed by atoms with Crippen LogP contribution >= 0.6 is 11.6 Å². The van der Waals surface area contributed by atoms with Gasteiger partial charge in [-0.2, -0.15) is 0 Å². The van der Waals surface area contributed by atoms with Crippen molar-refractivity contribution in [2.45, 2.75) is 56.8 Å². The summed E-state index contributed by atoms with van der Waals surface area (Å²) in [6, 6.07) is 16.5. The van der Waals surface area contributed by atoms with Gasteiger partial charge < -0.3 is 14.3 Å². The lowest BCUT2D eigenvalue weighted by Gasteiger charge is -2.32. The Kier molecular flexibility index (Phi) is 5.86. The molecule has 0 saturated heterocycles. The molecule has 1 saturated carbocycles. The molecule has 1 atom stereocenters. The van der Waals surface area contributed by atoms with Gasteiger partial charge in [-0.1, -0.05) is 54.4 Å². The van der Waals surface area contributed by atoms with Crippen LogP contribution in [0.15, 0.2) is 59.8 Å². The summed E-state index contributed by atoms with van der Waals surface area (Å²) in [5.41, 5.74) is 0.399. The second-order valence-corrected chi connectivity index (χ2v) is 8.38. The molecule has 0 bridgehead atoms. The summed E-state index contributed by atoms with van der Waals surface area (Å²) in [6.07, 6.45) is 4.60. The van der Waals surface area contributed by atoms with Crippen molar-refractivity contribution >= 4 is 29.3 Å². The second kappa shape index (κ2) is 8.56. The summed E-state index contributed by atoms with van der Waals surface area (Å²) in [5, 5.41) is 7.45. The summed E-state index contributed by atoms with van der Waals surface area (Å²) >= 11 is 6.00. The molecule has 1 amide bonds. The molecule has 0 aromatic heterocycles. The van der Waals surface area contributed by atoms with Crippen LogP contribution in [0.5, 0.6) is 0 Å². The lowest BCUT2D eigenvalue weighted by molar-refractivity contribution is -0.179. The molecule has 30 heavy (non-hydrogen) atoms. The van der Waals surface area contributed by atoms with E-state index in [1.54, 1.807) is 24.3 Å². The third-order valence-electron chi connectivity index (χ3n) is 5.49. The molecule has 2 aromatic carbocycles. The van der Waals surface area contributed by atoms with Crippen LogP contribution in [0, 0.1) is 0 Å². The topological polar surface area (TPSA) is 69.1 Å². The number of nitrogens with one attached hydrogen (secondary N) is 1. The van der Waals surface area contributed by atoms with Crippen molar-refractivity contribution in [1.82, 2.24) is 0 Å². The zero-order chi connectivity index (χ0) is 21.0. The van der Waals surface area contributed by atoms with Gasteiger partial charge in [-0.15, -0.1) is 0 Å². The van der Waals surface area contributed by atoms with E-state index in [9.17, 15) is 4.79 Å². The van der Waals surface area contributed by atoms with Gasteiger partial charge >= 0.3 is 6.09 Å². The Labute approximate surface area is 181 Å². The number of nitrogens with zero attached hydrogens (tertiary/aromatic N) is 1. The van der Waals surface area contributed by atoms with Crippen molar-refractivity contribution in [2.75, 3.05) is 5.32 Å². The molecule has 1 aliphatic carbocycles. The molecule has 1 N–H and O–H groups in total. The largest absolute Gasteiger partial charge is 0.438 e. The Morgan fingerprint density at radius 1 is 1.17 bits per heavy atom. The maximum atomic E-state index is 12.7. The number of benzene rings is 2. The molecule has 158 valence electrons. The van der Waals surface area contributed by atoms with E-state index >= 15 is 0 Å². The van der Waals surface area contributed by atoms with Crippen LogP contribution in [0.1, 0.15) is 51.0 Å². The molecule has 0 radical (unpaired) electrons. The zero-order valence-electron chi connectivity index (χ0n) is 16.9. The van der Waals surface area contributed by atoms with Crippen LogP contribution in [0.25, 0.3) is 0 Å². The Bertz CT molecular complexity index is 928. The Hall–Kier alpha value is -2.73. The van der Waals surface area contributed by atoms with Crippen molar-refractivity contribution in [3.05, 3.63) is 65.2 Å². The van der Waals surface area contributed by atoms with Gasteiger partial charge in [-0.25, -0.2) is 4.79 Å². The first-order chi connectivity index (χ1) is 14.5. The Morgan fingerprint density at radius 3 is 2.67 bits per heavy atom. The van der Waals surface area contributed by atoms with Crippen molar-refractivity contribution < 1.29 is 19.1 Å². The number of anilines is 1. The van der Waals surface area contributed by atoms with E-state index < -0.39 is 17.5 Å². The fourth-order valence-corrected chi connectivity index (χ4v) is 4.12. The van der Waals surface area contributed by atoms with Crippen LogP contribution in [0.2, 0.25) is 5.02 Å². The molecule has 2 aliphatic rings. The third-order valence-corrected chi connectivity index (χ3v) is 5.73. The van der Waals surface area contributed by atoms with Crippen molar-refractivity contribution in [2.24, 2.45) is 5.16 Å². The number of halogens is 1. The van der Waals surface area contributed by atoms with Crippen molar-refractivity contribution in [1.29, 1.82) is 0 Å². The molecule has 1 spiro atoms. The fourth-order valence-electron chi connectivity index (χ4n) is 3.93. The highest BCUT2D eigenvalue weighted by Crippen LogP contribution is 2.39. The predicted octanol–water partition coefficient (Wildman–Crippen LogP) is 6.21. The lowest BCUT2D eigenvalue weighted by Crippen LogP contribution is -2.37. The number of carbonyl (C=O) groups excluding carboxylic acids is 1. The minimum atomic E-state index is -0.994. The van der Waals surface area contributed by atoms with Crippen LogP contribution < -0.4 is 5.32 Å². The maximum absolute atomic E-state index is 12.7. The van der Waals surface area contributed by atoms with Gasteiger partial charge in [0, 0.05) is 23.6 Å². The molecular formula is C23H25ClN2O4.